The number of aromatic nitrogens is 1. The predicted octanol–water partition coefficient (Wildman–Crippen LogP) is 3.76. The number of carbonyl (C=O) groups excluding carboxylic acids is 1. The van der Waals surface area contributed by atoms with Gasteiger partial charge in [0.05, 0.1) is 38.7 Å². The van der Waals surface area contributed by atoms with Crippen LogP contribution in [0.15, 0.2) is 54.6 Å². The van der Waals surface area contributed by atoms with Crippen LogP contribution < -0.4 is 14.4 Å². The van der Waals surface area contributed by atoms with E-state index in [9.17, 15) is 4.79 Å². The highest BCUT2D eigenvalue weighted by Gasteiger charge is 2.32. The Morgan fingerprint density at radius 3 is 2.45 bits per heavy atom. The molecule has 33 heavy (non-hydrogen) atoms. The summed E-state index contributed by atoms with van der Waals surface area (Å²) in [4.78, 5) is 22.6. The van der Waals surface area contributed by atoms with Crippen molar-refractivity contribution in [2.45, 2.75) is 13.1 Å². The largest absolute Gasteiger partial charge is 0.493 e. The number of anilines is 1. The summed E-state index contributed by atoms with van der Waals surface area (Å²) in [5, 5.41) is 0. The van der Waals surface area contributed by atoms with Crippen LogP contribution in [-0.4, -0.2) is 56.3 Å². The second-order valence-corrected chi connectivity index (χ2v) is 8.17. The molecule has 0 N–H and O–H groups in total. The van der Waals surface area contributed by atoms with E-state index in [1.54, 1.807) is 14.2 Å². The zero-order valence-electron chi connectivity index (χ0n) is 18.9. The Balaban J connectivity index is 1.58. The summed E-state index contributed by atoms with van der Waals surface area (Å²) in [7, 11) is 3.24. The van der Waals surface area contributed by atoms with Gasteiger partial charge in [0, 0.05) is 37.3 Å². The van der Waals surface area contributed by atoms with Crippen molar-refractivity contribution in [3.8, 4) is 22.8 Å². The number of methoxy groups -OCH3 is 2. The van der Waals surface area contributed by atoms with Gasteiger partial charge in [-0.25, -0.2) is 4.98 Å². The first-order chi connectivity index (χ1) is 16.2. The number of hydrogen-bond acceptors (Lipinski definition) is 6. The second-order valence-electron chi connectivity index (χ2n) is 8.17. The molecule has 0 radical (unpaired) electrons. The lowest BCUT2D eigenvalue weighted by atomic mass is 10.0. The van der Waals surface area contributed by atoms with Crippen LogP contribution in [0.2, 0.25) is 0 Å². The molecule has 3 heterocycles. The topological polar surface area (TPSA) is 64.1 Å². The van der Waals surface area contributed by atoms with Crippen LogP contribution in [0.1, 0.15) is 21.5 Å². The monoisotopic (exact) mass is 445 g/mol. The van der Waals surface area contributed by atoms with Gasteiger partial charge in [-0.3, -0.25) is 4.79 Å². The average molecular weight is 446 g/mol. The quantitative estimate of drug-likeness (QED) is 0.576. The molecular weight excluding hydrogens is 418 g/mol. The van der Waals surface area contributed by atoms with Gasteiger partial charge in [0.15, 0.2) is 11.5 Å². The van der Waals surface area contributed by atoms with Crippen molar-refractivity contribution in [2.24, 2.45) is 0 Å². The normalized spacial score (nSPS) is 15.5. The molecule has 1 aromatic heterocycles. The molecule has 0 bridgehead atoms. The van der Waals surface area contributed by atoms with Crippen LogP contribution in [-0.2, 0) is 17.8 Å². The zero-order valence-corrected chi connectivity index (χ0v) is 18.9. The molecule has 1 fully saturated rings. The molecule has 3 aromatic rings. The van der Waals surface area contributed by atoms with E-state index in [-0.39, 0.29) is 5.91 Å². The van der Waals surface area contributed by atoms with Crippen molar-refractivity contribution in [3.05, 3.63) is 71.3 Å². The number of hydrogen-bond donors (Lipinski definition) is 0. The fourth-order valence-corrected chi connectivity index (χ4v) is 4.45. The van der Waals surface area contributed by atoms with E-state index in [1.165, 1.54) is 0 Å². The lowest BCUT2D eigenvalue weighted by Gasteiger charge is -2.28. The minimum atomic E-state index is 0.0347. The van der Waals surface area contributed by atoms with Gasteiger partial charge in [-0.15, -0.1) is 0 Å². The van der Waals surface area contributed by atoms with Crippen molar-refractivity contribution in [3.63, 3.8) is 0 Å². The maximum atomic E-state index is 13.5. The van der Waals surface area contributed by atoms with Crippen molar-refractivity contribution < 1.29 is 19.0 Å². The van der Waals surface area contributed by atoms with Crippen molar-refractivity contribution >= 4 is 11.7 Å². The Kier molecular flexibility index (Phi) is 5.88. The molecule has 7 heteroatoms. The summed E-state index contributed by atoms with van der Waals surface area (Å²) < 4.78 is 16.5. The number of fused-ring (bicyclic) bond motifs is 1. The van der Waals surface area contributed by atoms with Gasteiger partial charge in [-0.1, -0.05) is 30.3 Å². The molecule has 170 valence electrons. The highest BCUT2D eigenvalue weighted by Crippen LogP contribution is 2.38. The number of nitrogens with zero attached hydrogens (tertiary/aromatic N) is 3. The Morgan fingerprint density at radius 1 is 0.970 bits per heavy atom. The summed E-state index contributed by atoms with van der Waals surface area (Å²) in [6.07, 6.45) is 0. The zero-order chi connectivity index (χ0) is 22.8. The van der Waals surface area contributed by atoms with E-state index >= 15 is 0 Å². The third-order valence-electron chi connectivity index (χ3n) is 6.19. The average Bonchev–Trinajstić information content (AvgIpc) is 3.19. The lowest BCUT2D eigenvalue weighted by Crippen LogP contribution is -2.37. The van der Waals surface area contributed by atoms with Gasteiger partial charge in [0.2, 0.25) is 0 Å². The molecule has 2 aromatic carbocycles. The van der Waals surface area contributed by atoms with Crippen molar-refractivity contribution in [2.75, 3.05) is 45.4 Å². The molecule has 2 aliphatic rings. The third-order valence-corrected chi connectivity index (χ3v) is 6.19. The molecule has 0 spiro atoms. The molecular formula is C26H27N3O4. The second kappa shape index (κ2) is 9.11. The minimum absolute atomic E-state index is 0.0347. The predicted molar refractivity (Wildman–Crippen MR) is 126 cm³/mol. The maximum Gasteiger partial charge on any atom is 0.255 e. The number of ether oxygens (including phenoxy) is 3. The molecule has 1 saturated heterocycles. The first-order valence-electron chi connectivity index (χ1n) is 11.1. The first kappa shape index (κ1) is 21.3. The van der Waals surface area contributed by atoms with Crippen LogP contribution in [0.25, 0.3) is 11.3 Å². The summed E-state index contributed by atoms with van der Waals surface area (Å²) in [5.74, 6) is 2.13. The summed E-state index contributed by atoms with van der Waals surface area (Å²) >= 11 is 0. The van der Waals surface area contributed by atoms with Gasteiger partial charge in [-0.05, 0) is 29.8 Å². The Hall–Kier alpha value is -3.58. The molecule has 0 aliphatic carbocycles. The fraction of sp³-hybridized carbons (Fsp3) is 0.308. The van der Waals surface area contributed by atoms with Crippen molar-refractivity contribution in [1.29, 1.82) is 0 Å². The van der Waals surface area contributed by atoms with Crippen LogP contribution in [0.5, 0.6) is 11.5 Å². The molecule has 7 nitrogen and oxygen atoms in total. The highest BCUT2D eigenvalue weighted by molar-refractivity contribution is 6.01. The van der Waals surface area contributed by atoms with Crippen LogP contribution in [0.4, 0.5) is 5.82 Å². The molecule has 5 rings (SSSR count). The number of rotatable bonds is 6. The summed E-state index contributed by atoms with van der Waals surface area (Å²) in [6.45, 7) is 3.88. The first-order valence-corrected chi connectivity index (χ1v) is 11.1. The third kappa shape index (κ3) is 4.12. The minimum Gasteiger partial charge on any atom is -0.493 e. The Morgan fingerprint density at radius 2 is 1.73 bits per heavy atom. The molecule has 0 saturated carbocycles. The number of morpholine rings is 1. The number of amides is 1. The van der Waals surface area contributed by atoms with E-state index < -0.39 is 0 Å². The lowest BCUT2D eigenvalue weighted by molar-refractivity contribution is 0.0767. The molecule has 0 unspecified atom stereocenters. The molecule has 0 atom stereocenters. The van der Waals surface area contributed by atoms with Crippen LogP contribution in [0, 0.1) is 0 Å². The molecule has 2 aliphatic heterocycles. The van der Waals surface area contributed by atoms with E-state index in [4.69, 9.17) is 19.2 Å². The number of pyridine rings is 1. The van der Waals surface area contributed by atoms with E-state index in [0.717, 1.165) is 41.3 Å². The van der Waals surface area contributed by atoms with Crippen LogP contribution in [0.3, 0.4) is 0 Å². The SMILES string of the molecule is COc1ccc(-c2nc(N3CCOCC3)cc3c2CN(Cc2ccccc2)C3=O)cc1OC. The number of carbonyl (C=O) groups is 1. The number of benzene rings is 2. The standard InChI is InChI=1S/C26H27N3O4/c1-31-22-9-8-19(14-23(22)32-2)25-21-17-29(16-18-6-4-3-5-7-18)26(30)20(21)15-24(27-25)28-10-12-33-13-11-28/h3-9,14-15H,10-13,16-17H2,1-2H3. The summed E-state index contributed by atoms with van der Waals surface area (Å²) in [6, 6.07) is 17.8. The maximum absolute atomic E-state index is 13.5. The van der Waals surface area contributed by atoms with Gasteiger partial charge in [0.25, 0.3) is 5.91 Å². The van der Waals surface area contributed by atoms with Gasteiger partial charge in [-0.2, -0.15) is 0 Å². The van der Waals surface area contributed by atoms with Gasteiger partial charge in [0.1, 0.15) is 5.82 Å². The van der Waals surface area contributed by atoms with Gasteiger partial charge < -0.3 is 24.0 Å². The van der Waals surface area contributed by atoms with Gasteiger partial charge >= 0.3 is 0 Å². The Labute approximate surface area is 193 Å². The van der Waals surface area contributed by atoms with Crippen LogP contribution >= 0.6 is 0 Å². The van der Waals surface area contributed by atoms with Crippen molar-refractivity contribution in [1.82, 2.24) is 9.88 Å². The van der Waals surface area contributed by atoms with E-state index in [1.807, 2.05) is 59.5 Å². The highest BCUT2D eigenvalue weighted by atomic mass is 16.5. The molecule has 1 amide bonds. The van der Waals surface area contributed by atoms with E-state index in [0.29, 0.717) is 43.4 Å². The van der Waals surface area contributed by atoms with E-state index in [2.05, 4.69) is 4.90 Å². The Bertz CT molecular complexity index is 1160. The smallest absolute Gasteiger partial charge is 0.255 e. The summed E-state index contributed by atoms with van der Waals surface area (Å²) in [5.41, 5.74) is 4.47. The fourth-order valence-electron chi connectivity index (χ4n) is 4.45.